The van der Waals surface area contributed by atoms with Crippen molar-refractivity contribution < 1.29 is 105 Å². The second-order valence-corrected chi connectivity index (χ2v) is 34.3. The Bertz CT molecular complexity index is 3650. The smallest absolute Gasteiger partial charge is 0.303 e. The van der Waals surface area contributed by atoms with Crippen LogP contribution in [0, 0.1) is 71.0 Å². The van der Waals surface area contributed by atoms with E-state index in [2.05, 4.69) is 90.0 Å². The molecule has 12 rings (SSSR count). The van der Waals surface area contributed by atoms with Crippen molar-refractivity contribution in [1.82, 2.24) is 0 Å². The van der Waals surface area contributed by atoms with E-state index in [1.54, 1.807) is 0 Å². The summed E-state index contributed by atoms with van der Waals surface area (Å²) in [7, 11) is 0. The fraction of sp³-hybridized carbons (Fsp3) is 0.670. The van der Waals surface area contributed by atoms with Gasteiger partial charge in [-0.05, 0) is 94.4 Å². The molecule has 0 aromatic heterocycles. The van der Waals surface area contributed by atoms with Crippen LogP contribution in [0.1, 0.15) is 158 Å². The van der Waals surface area contributed by atoms with Crippen LogP contribution in [-0.2, 0) is 128 Å². The van der Waals surface area contributed by atoms with Crippen LogP contribution in [0.3, 0.4) is 0 Å². The summed E-state index contributed by atoms with van der Waals surface area (Å²) in [5, 5.41) is 26.7. The molecule has 5 aromatic rings. The quantitative estimate of drug-likeness (QED) is 0.0359. The van der Waals surface area contributed by atoms with Gasteiger partial charge < -0.3 is 100 Å². The number of benzene rings is 5. The third kappa shape index (κ3) is 22.3. The van der Waals surface area contributed by atoms with Gasteiger partial charge in [-0.2, -0.15) is 0 Å². The lowest BCUT2D eigenvalue weighted by atomic mass is 9.78. The molecule has 22 nitrogen and oxygen atoms in total. The van der Waals surface area contributed by atoms with Crippen LogP contribution in [0.5, 0.6) is 0 Å². The Morgan fingerprint density at radius 1 is 0.276 bits per heavy atom. The predicted molar refractivity (Wildman–Crippen MR) is 434 cm³/mol. The van der Waals surface area contributed by atoms with Gasteiger partial charge in [0, 0.05) is 30.6 Å². The standard InChI is InChI=1S/C94H134O22/c1-17-72-55(5)54(4)63(13)89(105-72)114-84-60(10)57(7)74(19-3)107-93(84)116-86-80(97)76(109-94(87(86)101-48-70-41-31-23-32-42-70)112-81-62(12)64(14)88(102-49-71-43-33-24-34-44-71)110-77(81)51-99-46-68-37-27-21-28-38-68)53-103-91-82(59(9)56(6)73(18-2)106-91)113-90-65(15)79(96)85(78(111-90)52-100-47-69-39-29-22-30-40-69)115-92-83(104-66(16)95)61(11)58(8)75(108-92)50-98-45-67-35-25-20-26-36-67/h20-44,54-65,72-94,96-97H,17-19,45-53H2,1-16H3/t54-,55-,56-,57+,58+,59-,60?,61-,62+,63?,64?,65?,72?,73?,74?,75?,76?,77?,78?,79+,80+,81-,82?,83?,84-,85+,86-,87?,88+,89-,90-,91-,92-,93-,94-/m0/s1. The molecule has 22 heteroatoms. The Hall–Kier alpha value is -5.23. The Morgan fingerprint density at radius 2 is 0.603 bits per heavy atom. The molecule has 0 amide bonds. The van der Waals surface area contributed by atoms with Gasteiger partial charge in [-0.15, -0.1) is 0 Å². The molecule has 0 radical (unpaired) electrons. The lowest BCUT2D eigenvalue weighted by molar-refractivity contribution is -0.392. The first kappa shape index (κ1) is 90.0. The van der Waals surface area contributed by atoms with Crippen LogP contribution in [-0.4, -0.2) is 184 Å². The SMILES string of the molecule is CCC1O[C@@H](O[C@@H]2C(OCc3ccccc3)[C@H](O[C@@H]3C(COCc4ccccc4)O[C@@H](OCc4ccccc4)C(C)[C@H]3C)OC(CO[C@H]3OC(CC)[C@@H](C)[C@H](C)C3O[C@@H]3OC(COCc4ccccc4)[C@@H](O[C@@H]4OC(COCc5ccccc5)[C@H](C)[C@H](C)C4OC(C)=O)[C@H](O)C3C)[C@H]2O)[C@@H](O[C@@H]2OC(CC)[C@@H](C)[C@H](C)C2C)C(C)[C@H]1C. The Kier molecular flexibility index (Phi) is 33.4. The zero-order valence-electron chi connectivity index (χ0n) is 71.2. The molecule has 7 fully saturated rings. The van der Waals surface area contributed by atoms with Crippen molar-refractivity contribution in [2.75, 3.05) is 26.4 Å². The minimum atomic E-state index is -1.48. The summed E-state index contributed by atoms with van der Waals surface area (Å²) < 4.78 is 133. The van der Waals surface area contributed by atoms with Crippen LogP contribution >= 0.6 is 0 Å². The van der Waals surface area contributed by atoms with E-state index >= 15 is 0 Å². The molecule has 0 aliphatic carbocycles. The summed E-state index contributed by atoms with van der Waals surface area (Å²) >= 11 is 0. The normalized spacial score (nSPS) is 39.6. The molecule has 7 heterocycles. The minimum absolute atomic E-state index is 0.0221. The van der Waals surface area contributed by atoms with E-state index in [-0.39, 0.29) is 111 Å². The van der Waals surface area contributed by atoms with E-state index in [0.29, 0.717) is 44.5 Å². The van der Waals surface area contributed by atoms with Gasteiger partial charge in [-0.3, -0.25) is 4.79 Å². The van der Waals surface area contributed by atoms with Crippen molar-refractivity contribution in [2.24, 2.45) is 71.0 Å². The zero-order chi connectivity index (χ0) is 82.3. The Labute approximate surface area is 689 Å². The highest BCUT2D eigenvalue weighted by atomic mass is 16.8. The van der Waals surface area contributed by atoms with Crippen molar-refractivity contribution in [2.45, 2.75) is 305 Å². The summed E-state index contributed by atoms with van der Waals surface area (Å²) in [6, 6.07) is 49.7. The molecule has 14 unspecified atom stereocenters. The third-order valence-corrected chi connectivity index (χ3v) is 26.7. The average Bonchev–Trinajstić information content (AvgIpc) is 0.767. The Balaban J connectivity index is 0.868. The van der Waals surface area contributed by atoms with Crippen molar-refractivity contribution in [3.8, 4) is 0 Å². The molecule has 0 saturated carbocycles. The second-order valence-electron chi connectivity index (χ2n) is 34.3. The van der Waals surface area contributed by atoms with Gasteiger partial charge >= 0.3 is 5.97 Å². The number of hydrogen-bond acceptors (Lipinski definition) is 22. The number of carbonyl (C=O) groups is 1. The number of hydrogen-bond donors (Lipinski definition) is 2. The van der Waals surface area contributed by atoms with Crippen LogP contribution in [0.4, 0.5) is 0 Å². The van der Waals surface area contributed by atoms with E-state index in [1.807, 2.05) is 166 Å². The monoisotopic (exact) mass is 1610 g/mol. The maximum absolute atomic E-state index is 13.7. The molecule has 642 valence electrons. The van der Waals surface area contributed by atoms with Crippen LogP contribution in [0.2, 0.25) is 0 Å². The first-order valence-electron chi connectivity index (χ1n) is 43.2. The average molecular weight is 1620 g/mol. The van der Waals surface area contributed by atoms with Crippen LogP contribution in [0.25, 0.3) is 0 Å². The summed E-state index contributed by atoms with van der Waals surface area (Å²) in [6.07, 6.45) is -17.8. The number of carbonyl (C=O) groups excluding carboxylic acids is 1. The molecule has 116 heavy (non-hydrogen) atoms. The van der Waals surface area contributed by atoms with Gasteiger partial charge in [0.2, 0.25) is 0 Å². The van der Waals surface area contributed by atoms with Gasteiger partial charge in [-0.1, -0.05) is 256 Å². The number of aliphatic hydroxyl groups is 2. The van der Waals surface area contributed by atoms with E-state index < -0.39 is 135 Å². The van der Waals surface area contributed by atoms with Crippen molar-refractivity contribution in [1.29, 1.82) is 0 Å². The third-order valence-electron chi connectivity index (χ3n) is 26.7. The first-order chi connectivity index (χ1) is 56.0. The number of ether oxygens (including phenoxy) is 19. The zero-order valence-corrected chi connectivity index (χ0v) is 71.2. The molecular weight excluding hydrogens is 1480 g/mol. The van der Waals surface area contributed by atoms with Crippen molar-refractivity contribution in [3.63, 3.8) is 0 Å². The Morgan fingerprint density at radius 3 is 1.10 bits per heavy atom. The maximum atomic E-state index is 13.7. The van der Waals surface area contributed by atoms with E-state index in [1.165, 1.54) is 6.92 Å². The largest absolute Gasteiger partial charge is 0.457 e. The number of aliphatic hydroxyl groups excluding tert-OH is 2. The van der Waals surface area contributed by atoms with Crippen LogP contribution in [0.15, 0.2) is 152 Å². The highest BCUT2D eigenvalue weighted by molar-refractivity contribution is 5.66. The van der Waals surface area contributed by atoms with E-state index in [9.17, 15) is 15.0 Å². The molecule has 7 saturated heterocycles. The highest BCUT2D eigenvalue weighted by Crippen LogP contribution is 2.46. The fourth-order valence-corrected chi connectivity index (χ4v) is 18.0. The molecule has 0 spiro atoms. The lowest BCUT2D eigenvalue weighted by Gasteiger charge is -2.52. The van der Waals surface area contributed by atoms with E-state index in [4.69, 9.17) is 90.0 Å². The molecule has 35 atom stereocenters. The topological polar surface area (TPSA) is 233 Å². The van der Waals surface area contributed by atoms with Gasteiger partial charge in [0.05, 0.1) is 96.1 Å². The highest BCUT2D eigenvalue weighted by Gasteiger charge is 2.58. The number of esters is 1. The summed E-state index contributed by atoms with van der Waals surface area (Å²) in [5.41, 5.74) is 4.83. The molecular formula is C94H134O22. The van der Waals surface area contributed by atoms with Crippen molar-refractivity contribution in [3.05, 3.63) is 179 Å². The van der Waals surface area contributed by atoms with Gasteiger partial charge in [0.25, 0.3) is 0 Å². The van der Waals surface area contributed by atoms with Gasteiger partial charge in [0.1, 0.15) is 54.9 Å². The van der Waals surface area contributed by atoms with Crippen molar-refractivity contribution >= 4 is 5.97 Å². The summed E-state index contributed by atoms with van der Waals surface area (Å²) in [4.78, 5) is 13.0. The molecule has 7 aliphatic heterocycles. The first-order valence-corrected chi connectivity index (χ1v) is 43.2. The summed E-state index contributed by atoms with van der Waals surface area (Å²) in [5.74, 6) is -1.78. The fourth-order valence-electron chi connectivity index (χ4n) is 18.0. The van der Waals surface area contributed by atoms with Gasteiger partial charge in [0.15, 0.2) is 50.1 Å². The van der Waals surface area contributed by atoms with E-state index in [0.717, 1.165) is 34.2 Å². The number of rotatable bonds is 35. The molecule has 0 bridgehead atoms. The summed E-state index contributed by atoms with van der Waals surface area (Å²) in [6.45, 7) is 34.7. The second kappa shape index (κ2) is 43.0. The minimum Gasteiger partial charge on any atom is -0.457 e. The maximum Gasteiger partial charge on any atom is 0.303 e. The lowest BCUT2D eigenvalue weighted by Crippen LogP contribution is -2.65. The molecule has 7 aliphatic rings. The predicted octanol–water partition coefficient (Wildman–Crippen LogP) is 15.0. The van der Waals surface area contributed by atoms with Crippen LogP contribution < -0.4 is 0 Å². The van der Waals surface area contributed by atoms with Gasteiger partial charge in [-0.25, -0.2) is 0 Å². The molecule has 5 aromatic carbocycles. The molecule has 2 N–H and O–H groups in total.